The lowest BCUT2D eigenvalue weighted by Gasteiger charge is -1.98. The highest BCUT2D eigenvalue weighted by molar-refractivity contribution is 5.77. The van der Waals surface area contributed by atoms with Gasteiger partial charge in [0.25, 0.3) is 0 Å². The SMILES string of the molecule is CCONCc1cc2ccccc2o1. The summed E-state index contributed by atoms with van der Waals surface area (Å²) in [6.07, 6.45) is 0. The van der Waals surface area contributed by atoms with E-state index in [1.165, 1.54) is 0 Å². The fraction of sp³-hybridized carbons (Fsp3) is 0.273. The fourth-order valence-electron chi connectivity index (χ4n) is 1.35. The molecule has 0 aliphatic carbocycles. The quantitative estimate of drug-likeness (QED) is 0.595. The van der Waals surface area contributed by atoms with E-state index in [1.807, 2.05) is 37.3 Å². The molecule has 1 heterocycles. The molecule has 0 bridgehead atoms. The standard InChI is InChI=1S/C11H13NO2/c1-2-13-12-8-10-7-9-5-3-4-6-11(9)14-10/h3-7,12H,2,8H2,1H3. The lowest BCUT2D eigenvalue weighted by atomic mass is 10.2. The molecule has 2 rings (SSSR count). The number of furan rings is 1. The molecule has 0 atom stereocenters. The van der Waals surface area contributed by atoms with Gasteiger partial charge in [0.05, 0.1) is 13.2 Å². The number of hydrogen-bond acceptors (Lipinski definition) is 3. The second kappa shape index (κ2) is 4.26. The van der Waals surface area contributed by atoms with Gasteiger partial charge < -0.3 is 9.25 Å². The van der Waals surface area contributed by atoms with Crippen LogP contribution in [0.2, 0.25) is 0 Å². The van der Waals surface area contributed by atoms with Gasteiger partial charge in [0.15, 0.2) is 0 Å². The van der Waals surface area contributed by atoms with Crippen molar-refractivity contribution in [2.24, 2.45) is 0 Å². The largest absolute Gasteiger partial charge is 0.460 e. The number of rotatable bonds is 4. The van der Waals surface area contributed by atoms with Gasteiger partial charge in [-0.3, -0.25) is 0 Å². The monoisotopic (exact) mass is 191 g/mol. The first-order chi connectivity index (χ1) is 6.90. The van der Waals surface area contributed by atoms with E-state index in [0.29, 0.717) is 13.2 Å². The summed E-state index contributed by atoms with van der Waals surface area (Å²) in [5, 5.41) is 1.13. The van der Waals surface area contributed by atoms with Crippen molar-refractivity contribution < 1.29 is 9.25 Å². The maximum atomic E-state index is 5.57. The molecule has 0 amide bonds. The van der Waals surface area contributed by atoms with Gasteiger partial charge in [-0.05, 0) is 19.1 Å². The minimum absolute atomic E-state index is 0.600. The Kier molecular flexibility index (Phi) is 2.81. The number of benzene rings is 1. The van der Waals surface area contributed by atoms with Gasteiger partial charge in [-0.2, -0.15) is 5.48 Å². The van der Waals surface area contributed by atoms with Crippen LogP contribution in [0.1, 0.15) is 12.7 Å². The number of fused-ring (bicyclic) bond motifs is 1. The zero-order valence-electron chi connectivity index (χ0n) is 8.12. The van der Waals surface area contributed by atoms with Crippen LogP contribution in [0.3, 0.4) is 0 Å². The average molecular weight is 191 g/mol. The second-order valence-electron chi connectivity index (χ2n) is 3.00. The predicted octanol–water partition coefficient (Wildman–Crippen LogP) is 2.47. The zero-order valence-corrected chi connectivity index (χ0v) is 8.12. The van der Waals surface area contributed by atoms with E-state index < -0.39 is 0 Å². The van der Waals surface area contributed by atoms with Crippen LogP contribution in [0.5, 0.6) is 0 Å². The second-order valence-corrected chi connectivity index (χ2v) is 3.00. The van der Waals surface area contributed by atoms with Gasteiger partial charge in [-0.1, -0.05) is 18.2 Å². The Balaban J connectivity index is 2.11. The first kappa shape index (κ1) is 9.24. The van der Waals surface area contributed by atoms with E-state index in [4.69, 9.17) is 9.25 Å². The molecule has 0 fully saturated rings. The average Bonchev–Trinajstić information content (AvgIpc) is 2.60. The third-order valence-corrected chi connectivity index (χ3v) is 1.97. The lowest BCUT2D eigenvalue weighted by molar-refractivity contribution is 0.0428. The number of hydrogen-bond donors (Lipinski definition) is 1. The highest BCUT2D eigenvalue weighted by atomic mass is 16.6. The summed E-state index contributed by atoms with van der Waals surface area (Å²) in [5.41, 5.74) is 3.74. The topological polar surface area (TPSA) is 34.4 Å². The van der Waals surface area contributed by atoms with Crippen molar-refractivity contribution in [3.05, 3.63) is 36.1 Å². The number of nitrogens with one attached hydrogen (secondary N) is 1. The van der Waals surface area contributed by atoms with Crippen molar-refractivity contribution >= 4 is 11.0 Å². The van der Waals surface area contributed by atoms with Crippen molar-refractivity contribution in [2.75, 3.05) is 6.61 Å². The first-order valence-electron chi connectivity index (χ1n) is 4.72. The first-order valence-corrected chi connectivity index (χ1v) is 4.72. The third kappa shape index (κ3) is 1.95. The van der Waals surface area contributed by atoms with E-state index in [0.717, 1.165) is 16.7 Å². The molecule has 3 heteroatoms. The molecule has 0 aliphatic rings. The molecule has 74 valence electrons. The van der Waals surface area contributed by atoms with Crippen LogP contribution in [0.4, 0.5) is 0 Å². The van der Waals surface area contributed by atoms with Crippen molar-refractivity contribution in [1.82, 2.24) is 5.48 Å². The molecular formula is C11H13NO2. The smallest absolute Gasteiger partial charge is 0.134 e. The van der Waals surface area contributed by atoms with E-state index in [1.54, 1.807) is 0 Å². The minimum atomic E-state index is 0.600. The summed E-state index contributed by atoms with van der Waals surface area (Å²) in [7, 11) is 0. The molecule has 0 saturated carbocycles. The molecule has 1 aromatic carbocycles. The maximum absolute atomic E-state index is 5.57. The van der Waals surface area contributed by atoms with E-state index in [2.05, 4.69) is 5.48 Å². The molecule has 2 aromatic rings. The molecule has 0 saturated heterocycles. The Bertz CT molecular complexity index is 375. The molecule has 0 spiro atoms. The third-order valence-electron chi connectivity index (χ3n) is 1.97. The van der Waals surface area contributed by atoms with Crippen LogP contribution in [0.25, 0.3) is 11.0 Å². The van der Waals surface area contributed by atoms with Crippen LogP contribution in [-0.2, 0) is 11.4 Å². The van der Waals surface area contributed by atoms with Crippen LogP contribution < -0.4 is 5.48 Å². The summed E-state index contributed by atoms with van der Waals surface area (Å²) in [6, 6.07) is 9.97. The summed E-state index contributed by atoms with van der Waals surface area (Å²) >= 11 is 0. The van der Waals surface area contributed by atoms with Gasteiger partial charge in [0.2, 0.25) is 0 Å². The summed E-state index contributed by atoms with van der Waals surface area (Å²) in [6.45, 7) is 3.19. The van der Waals surface area contributed by atoms with E-state index in [9.17, 15) is 0 Å². The fourth-order valence-corrected chi connectivity index (χ4v) is 1.35. The van der Waals surface area contributed by atoms with Crippen LogP contribution in [0.15, 0.2) is 34.7 Å². The van der Waals surface area contributed by atoms with Crippen molar-refractivity contribution in [1.29, 1.82) is 0 Å². The van der Waals surface area contributed by atoms with Gasteiger partial charge in [0.1, 0.15) is 11.3 Å². The van der Waals surface area contributed by atoms with Crippen molar-refractivity contribution in [3.63, 3.8) is 0 Å². The lowest BCUT2D eigenvalue weighted by Crippen LogP contribution is -2.12. The van der Waals surface area contributed by atoms with Crippen LogP contribution >= 0.6 is 0 Å². The Hall–Kier alpha value is -1.32. The molecular weight excluding hydrogens is 178 g/mol. The summed E-state index contributed by atoms with van der Waals surface area (Å²) in [4.78, 5) is 5.02. The van der Waals surface area contributed by atoms with Gasteiger partial charge >= 0.3 is 0 Å². The van der Waals surface area contributed by atoms with E-state index in [-0.39, 0.29) is 0 Å². The summed E-state index contributed by atoms with van der Waals surface area (Å²) in [5.74, 6) is 0.889. The Labute approximate surface area is 82.6 Å². The van der Waals surface area contributed by atoms with Crippen molar-refractivity contribution in [3.8, 4) is 0 Å². The molecule has 0 unspecified atom stereocenters. The van der Waals surface area contributed by atoms with Crippen LogP contribution in [-0.4, -0.2) is 6.61 Å². The highest BCUT2D eigenvalue weighted by Gasteiger charge is 2.01. The van der Waals surface area contributed by atoms with Crippen molar-refractivity contribution in [2.45, 2.75) is 13.5 Å². The number of para-hydroxylation sites is 1. The predicted molar refractivity (Wildman–Crippen MR) is 54.7 cm³/mol. The Morgan fingerprint density at radius 2 is 2.21 bits per heavy atom. The maximum Gasteiger partial charge on any atom is 0.134 e. The van der Waals surface area contributed by atoms with Gasteiger partial charge in [-0.15, -0.1) is 0 Å². The molecule has 1 aromatic heterocycles. The van der Waals surface area contributed by atoms with Gasteiger partial charge in [-0.25, -0.2) is 0 Å². The molecule has 0 aliphatic heterocycles. The molecule has 14 heavy (non-hydrogen) atoms. The Morgan fingerprint density at radius 3 is 3.00 bits per heavy atom. The molecule has 3 nitrogen and oxygen atoms in total. The molecule has 1 N–H and O–H groups in total. The van der Waals surface area contributed by atoms with Gasteiger partial charge in [0, 0.05) is 5.39 Å². The van der Waals surface area contributed by atoms with Crippen LogP contribution in [0, 0.1) is 0 Å². The Morgan fingerprint density at radius 1 is 1.36 bits per heavy atom. The summed E-state index contributed by atoms with van der Waals surface area (Å²) < 4.78 is 5.57. The highest BCUT2D eigenvalue weighted by Crippen LogP contribution is 2.18. The van der Waals surface area contributed by atoms with E-state index >= 15 is 0 Å². The normalized spacial score (nSPS) is 10.9. The minimum Gasteiger partial charge on any atom is -0.460 e. The molecule has 0 radical (unpaired) electrons. The number of hydroxylamine groups is 1. The zero-order chi connectivity index (χ0) is 9.80.